The van der Waals surface area contributed by atoms with Crippen LogP contribution in [-0.2, 0) is 49.3 Å². The van der Waals surface area contributed by atoms with Crippen molar-refractivity contribution >= 4 is 29.0 Å². The summed E-state index contributed by atoms with van der Waals surface area (Å²) in [5, 5.41) is 23.8. The largest absolute Gasteiger partial charge is 0.385 e. The van der Waals surface area contributed by atoms with Crippen molar-refractivity contribution in [2.75, 3.05) is 6.54 Å². The van der Waals surface area contributed by atoms with Crippen LogP contribution in [0, 0.1) is 11.8 Å². The van der Waals surface area contributed by atoms with Gasteiger partial charge in [-0.25, -0.2) is 0 Å². The van der Waals surface area contributed by atoms with Gasteiger partial charge in [-0.15, -0.1) is 0 Å². The lowest BCUT2D eigenvalue weighted by Crippen LogP contribution is -2.51. The summed E-state index contributed by atoms with van der Waals surface area (Å²) in [4.78, 5) is 66.6. The third-order valence-corrected chi connectivity index (χ3v) is 13.8. The Bertz CT molecular complexity index is 1720. The van der Waals surface area contributed by atoms with Crippen LogP contribution in [0.3, 0.4) is 0 Å². The molecule has 0 aliphatic heterocycles. The number of unbranched alkanes of at least 4 members (excludes halogenated alkanes) is 1. The van der Waals surface area contributed by atoms with Crippen molar-refractivity contribution in [3.63, 3.8) is 0 Å². The van der Waals surface area contributed by atoms with Crippen LogP contribution >= 0.6 is 0 Å². The lowest BCUT2D eigenvalue weighted by atomic mass is 9.87. The summed E-state index contributed by atoms with van der Waals surface area (Å²) < 4.78 is 27.0. The van der Waals surface area contributed by atoms with Gasteiger partial charge in [-0.1, -0.05) is 89.3 Å². The first kappa shape index (κ1) is 57.7. The normalized spacial score (nSPS) is 22.7. The second-order valence-corrected chi connectivity index (χ2v) is 18.6. The number of amides is 1. The Morgan fingerprint density at radius 1 is 0.754 bits per heavy atom. The van der Waals surface area contributed by atoms with E-state index in [9.17, 15) is 34.2 Å². The van der Waals surface area contributed by atoms with E-state index in [2.05, 4.69) is 17.5 Å². The summed E-state index contributed by atoms with van der Waals surface area (Å²) in [7, 11) is 0. The Morgan fingerprint density at radius 2 is 1.31 bits per heavy atom. The van der Waals surface area contributed by atoms with Crippen LogP contribution in [0.4, 0.5) is 0 Å². The molecule has 65 heavy (non-hydrogen) atoms. The van der Waals surface area contributed by atoms with E-state index in [-0.39, 0.29) is 29.8 Å². The quantitative estimate of drug-likeness (QED) is 0.0466. The van der Waals surface area contributed by atoms with E-state index >= 15 is 0 Å². The fraction of sp³-hybridized carbons (Fsp3) is 0.717. The van der Waals surface area contributed by atoms with Crippen molar-refractivity contribution < 1.29 is 53.1 Å². The van der Waals surface area contributed by atoms with E-state index < -0.39 is 76.5 Å². The van der Waals surface area contributed by atoms with E-state index in [4.69, 9.17) is 18.9 Å². The first-order chi connectivity index (χ1) is 30.6. The van der Waals surface area contributed by atoms with Crippen LogP contribution in [0.2, 0.25) is 0 Å². The van der Waals surface area contributed by atoms with Crippen molar-refractivity contribution in [3.8, 4) is 0 Å². The highest BCUT2D eigenvalue weighted by Gasteiger charge is 2.51. The maximum atomic E-state index is 14.5. The third kappa shape index (κ3) is 16.1. The standard InChI is InChI=1S/C53H85NO11/c1-14-50(11,47(59)36(7)55)63-41(32-31-40-27-23-22-24-28-40)33-34-43-42(29-25-20-21-26-30-46(58)54-19-6)44(35-45(43)64-51(12,15-2)48(60)37(8)56)65-52(13,16-3)49(61)38(9)62-53(17-4,18-5)39(10)57/h20,22-25,27-28,33-34,36-38,41-45,55-56H,14-19,21,26,29-32,35H2,1-13H3,(H,54,58)/b25-20-,34-33+/t36-,37-,38-,41-,42+,43+,44-,45+,50?,51?,52?/m0/s1. The number of benzene rings is 1. The highest BCUT2D eigenvalue weighted by Crippen LogP contribution is 2.45. The summed E-state index contributed by atoms with van der Waals surface area (Å²) in [6.07, 6.45) is 8.32. The van der Waals surface area contributed by atoms with Gasteiger partial charge >= 0.3 is 0 Å². The van der Waals surface area contributed by atoms with Crippen LogP contribution in [0.5, 0.6) is 0 Å². The smallest absolute Gasteiger partial charge is 0.219 e. The molecule has 12 heteroatoms. The van der Waals surface area contributed by atoms with Crippen LogP contribution in [0.25, 0.3) is 0 Å². The van der Waals surface area contributed by atoms with E-state index in [0.717, 1.165) is 5.56 Å². The number of ether oxygens (including phenoxy) is 4. The number of ketones is 4. The number of allylic oxidation sites excluding steroid dienone is 2. The van der Waals surface area contributed by atoms with Gasteiger partial charge in [0.2, 0.25) is 5.91 Å². The molecule has 1 aromatic carbocycles. The molecule has 1 aliphatic carbocycles. The van der Waals surface area contributed by atoms with Gasteiger partial charge in [0, 0.05) is 25.3 Å². The number of nitrogens with one attached hydrogen (secondary N) is 1. The number of carbonyl (C=O) groups is 5. The number of hydrogen-bond donors (Lipinski definition) is 3. The number of aryl methyl sites for hydroxylation is 1. The van der Waals surface area contributed by atoms with Gasteiger partial charge in [-0.2, -0.15) is 0 Å². The van der Waals surface area contributed by atoms with Gasteiger partial charge in [0.1, 0.15) is 40.7 Å². The third-order valence-electron chi connectivity index (χ3n) is 13.8. The van der Waals surface area contributed by atoms with Crippen LogP contribution in [0.1, 0.15) is 166 Å². The molecule has 0 heterocycles. The monoisotopic (exact) mass is 912 g/mol. The molecule has 0 aromatic heterocycles. The number of rotatable bonds is 32. The van der Waals surface area contributed by atoms with Crippen molar-refractivity contribution in [3.05, 3.63) is 60.2 Å². The first-order valence-corrected chi connectivity index (χ1v) is 24.4. The first-order valence-electron chi connectivity index (χ1n) is 24.4. The summed E-state index contributed by atoms with van der Waals surface area (Å²) in [6, 6.07) is 9.98. The molecule has 0 radical (unpaired) electrons. The Morgan fingerprint density at radius 3 is 1.83 bits per heavy atom. The zero-order valence-corrected chi connectivity index (χ0v) is 42.1. The molecule has 368 valence electrons. The van der Waals surface area contributed by atoms with E-state index in [1.165, 1.54) is 20.8 Å². The topological polar surface area (TPSA) is 175 Å². The molecule has 1 amide bonds. The van der Waals surface area contributed by atoms with Gasteiger partial charge in [-0.3, -0.25) is 24.0 Å². The summed E-state index contributed by atoms with van der Waals surface area (Å²) in [6.45, 7) is 23.0. The van der Waals surface area contributed by atoms with Crippen molar-refractivity contribution in [1.29, 1.82) is 0 Å². The lowest BCUT2D eigenvalue weighted by molar-refractivity contribution is -0.179. The average molecular weight is 912 g/mol. The summed E-state index contributed by atoms with van der Waals surface area (Å²) >= 11 is 0. The SMILES string of the molecule is CCNC(=O)CCC/C=C\C[C@@H]1[C@@H](/C=C/[C@H](CCc2ccccc2)OC(C)(CC)C(=O)[C@H](C)O)[C@H](OC(C)(CC)C(=O)[C@H](C)O)C[C@@H]1OC(C)(CC)C(=O)[C@H](C)OC(CC)(CC)C(C)=O. The molecule has 3 unspecified atom stereocenters. The minimum atomic E-state index is -1.35. The van der Waals surface area contributed by atoms with Gasteiger partial charge in [0.25, 0.3) is 0 Å². The van der Waals surface area contributed by atoms with E-state index in [0.29, 0.717) is 77.2 Å². The Labute approximate surface area is 391 Å². The fourth-order valence-corrected chi connectivity index (χ4v) is 9.01. The zero-order chi connectivity index (χ0) is 49.2. The number of hydrogen-bond acceptors (Lipinski definition) is 11. The number of carbonyl (C=O) groups excluding carboxylic acids is 5. The lowest BCUT2D eigenvalue weighted by Gasteiger charge is -2.38. The Kier molecular flexibility index (Phi) is 23.8. The number of aliphatic hydroxyl groups is 2. The van der Waals surface area contributed by atoms with E-state index in [1.807, 2.05) is 84.0 Å². The molecule has 11 atom stereocenters. The average Bonchev–Trinajstić information content (AvgIpc) is 3.59. The molecule has 0 saturated heterocycles. The minimum absolute atomic E-state index is 0.000402. The number of Topliss-reactive ketones (excluding diaryl/α,β-unsaturated/α-hetero) is 4. The molecule has 1 saturated carbocycles. The zero-order valence-electron chi connectivity index (χ0n) is 42.1. The molecule has 1 fully saturated rings. The Hall–Kier alpha value is -3.39. The Balaban J connectivity index is 2.80. The fourth-order valence-electron chi connectivity index (χ4n) is 9.01. The molecule has 1 aliphatic rings. The molecule has 3 N–H and O–H groups in total. The molecule has 0 bridgehead atoms. The number of aliphatic hydroxyl groups excluding tert-OH is 2. The van der Waals surface area contributed by atoms with Gasteiger partial charge in [0.05, 0.1) is 18.3 Å². The van der Waals surface area contributed by atoms with Crippen molar-refractivity contribution in [2.24, 2.45) is 11.8 Å². The maximum Gasteiger partial charge on any atom is 0.219 e. The van der Waals surface area contributed by atoms with Crippen molar-refractivity contribution in [2.45, 2.75) is 226 Å². The van der Waals surface area contributed by atoms with Gasteiger partial charge < -0.3 is 34.5 Å². The second-order valence-electron chi connectivity index (χ2n) is 18.6. The maximum absolute atomic E-state index is 14.5. The van der Waals surface area contributed by atoms with Crippen LogP contribution < -0.4 is 5.32 Å². The van der Waals surface area contributed by atoms with Crippen LogP contribution in [0.15, 0.2) is 54.6 Å². The minimum Gasteiger partial charge on any atom is -0.385 e. The summed E-state index contributed by atoms with van der Waals surface area (Å²) in [5.41, 5.74) is -3.98. The molecule has 0 spiro atoms. The predicted octanol–water partition coefficient (Wildman–Crippen LogP) is 8.75. The predicted molar refractivity (Wildman–Crippen MR) is 255 cm³/mol. The molecular weight excluding hydrogens is 827 g/mol. The molecule has 1 aromatic rings. The van der Waals surface area contributed by atoms with E-state index in [1.54, 1.807) is 27.7 Å². The molecule has 12 nitrogen and oxygen atoms in total. The second kappa shape index (κ2) is 26.8. The van der Waals surface area contributed by atoms with Gasteiger partial charge in [0.15, 0.2) is 23.1 Å². The molecule has 2 rings (SSSR count). The highest BCUT2D eigenvalue weighted by molar-refractivity contribution is 5.92. The molecular formula is C53H85NO11. The van der Waals surface area contributed by atoms with Gasteiger partial charge in [-0.05, 0) is 131 Å². The van der Waals surface area contributed by atoms with Crippen molar-refractivity contribution in [1.82, 2.24) is 5.32 Å². The summed E-state index contributed by atoms with van der Waals surface area (Å²) in [5.74, 6) is -2.01. The van der Waals surface area contributed by atoms with Crippen LogP contribution in [-0.4, -0.2) is 105 Å². The highest BCUT2D eigenvalue weighted by atomic mass is 16.5.